The van der Waals surface area contributed by atoms with E-state index >= 15 is 0 Å². The van der Waals surface area contributed by atoms with Crippen LogP contribution in [0.2, 0.25) is 0 Å². The standard InChI is InChI=1S/C20H30N4O2/c1-2-3-7-15(13-25)23-19(21)9-10-20-22-12-16(24-20)18-11-14-6-4-5-8-17(14)26-18/h4-6,8,15-16,18,25H,2-3,7,9-13H2,1H3,(H2,21,23)(H,22,24). The molecular formula is C20H30N4O2. The molecule has 0 bridgehead atoms. The molecule has 4 N–H and O–H groups in total. The number of nitrogens with zero attached hydrogens (tertiary/aromatic N) is 1. The van der Waals surface area contributed by atoms with Crippen LogP contribution in [0.1, 0.15) is 44.6 Å². The number of hydrogen-bond acceptors (Lipinski definition) is 5. The third-order valence-electron chi connectivity index (χ3n) is 5.07. The molecule has 0 amide bonds. The zero-order valence-corrected chi connectivity index (χ0v) is 15.5. The predicted molar refractivity (Wildman–Crippen MR) is 104 cm³/mol. The lowest BCUT2D eigenvalue weighted by Crippen LogP contribution is -2.43. The lowest BCUT2D eigenvalue weighted by atomic mass is 10.1. The topological polar surface area (TPSA) is 89.7 Å². The summed E-state index contributed by atoms with van der Waals surface area (Å²) in [6.07, 6.45) is 5.42. The largest absolute Gasteiger partial charge is 0.488 e. The summed E-state index contributed by atoms with van der Waals surface area (Å²) in [7, 11) is 0. The Hall–Kier alpha value is -2.08. The first-order valence-electron chi connectivity index (χ1n) is 9.68. The second-order valence-corrected chi connectivity index (χ2v) is 7.15. The molecule has 3 unspecified atom stereocenters. The highest BCUT2D eigenvalue weighted by molar-refractivity contribution is 5.89. The van der Waals surface area contributed by atoms with Gasteiger partial charge in [-0.05, 0) is 18.1 Å². The smallest absolute Gasteiger partial charge is 0.125 e. The Balaban J connectivity index is 1.39. The molecule has 0 radical (unpaired) electrons. The molecule has 2 heterocycles. The highest BCUT2D eigenvalue weighted by Gasteiger charge is 2.33. The van der Waals surface area contributed by atoms with Crippen molar-refractivity contribution in [3.05, 3.63) is 29.8 Å². The first-order valence-corrected chi connectivity index (χ1v) is 9.68. The molecule has 1 aromatic carbocycles. The van der Waals surface area contributed by atoms with Gasteiger partial charge < -0.3 is 20.5 Å². The maximum atomic E-state index is 9.40. The summed E-state index contributed by atoms with van der Waals surface area (Å²) in [5, 5.41) is 24.1. The highest BCUT2D eigenvalue weighted by atomic mass is 16.5. The van der Waals surface area contributed by atoms with E-state index in [1.54, 1.807) is 0 Å². The quantitative estimate of drug-likeness (QED) is 0.403. The van der Waals surface area contributed by atoms with Gasteiger partial charge in [0.25, 0.3) is 0 Å². The van der Waals surface area contributed by atoms with Crippen LogP contribution in [0.15, 0.2) is 29.3 Å². The van der Waals surface area contributed by atoms with E-state index in [0.717, 1.165) is 43.8 Å². The number of amidine groups is 2. The van der Waals surface area contributed by atoms with Crippen molar-refractivity contribution >= 4 is 11.7 Å². The fraction of sp³-hybridized carbons (Fsp3) is 0.600. The first kappa shape index (κ1) is 18.7. The van der Waals surface area contributed by atoms with Crippen LogP contribution in [0.4, 0.5) is 0 Å². The number of aliphatic imine (C=N–C) groups is 1. The number of benzene rings is 1. The van der Waals surface area contributed by atoms with Gasteiger partial charge in [0.15, 0.2) is 0 Å². The maximum absolute atomic E-state index is 9.40. The summed E-state index contributed by atoms with van der Waals surface area (Å²) >= 11 is 0. The van der Waals surface area contributed by atoms with Gasteiger partial charge in [-0.2, -0.15) is 0 Å². The summed E-state index contributed by atoms with van der Waals surface area (Å²) in [6, 6.07) is 8.38. The Morgan fingerprint density at radius 3 is 3.08 bits per heavy atom. The molecule has 0 saturated heterocycles. The zero-order valence-electron chi connectivity index (χ0n) is 15.5. The van der Waals surface area contributed by atoms with E-state index < -0.39 is 0 Å². The lowest BCUT2D eigenvalue weighted by Gasteiger charge is -2.20. The van der Waals surface area contributed by atoms with Gasteiger partial charge in [0.1, 0.15) is 11.9 Å². The van der Waals surface area contributed by atoms with Gasteiger partial charge >= 0.3 is 0 Å². The Labute approximate surface area is 155 Å². The fourth-order valence-electron chi connectivity index (χ4n) is 3.53. The SMILES string of the molecule is CCCCC(CO)NC(=N)CCC1=NCC(C2Cc3ccccc3O2)N1. The average Bonchev–Trinajstić information content (AvgIpc) is 3.29. The molecular weight excluding hydrogens is 328 g/mol. The summed E-state index contributed by atoms with van der Waals surface area (Å²) in [4.78, 5) is 4.60. The lowest BCUT2D eigenvalue weighted by molar-refractivity contribution is 0.196. The molecule has 142 valence electrons. The van der Waals surface area contributed by atoms with Gasteiger partial charge in [-0.25, -0.2) is 0 Å². The van der Waals surface area contributed by atoms with Crippen molar-refractivity contribution in [2.24, 2.45) is 4.99 Å². The van der Waals surface area contributed by atoms with Gasteiger partial charge in [0.2, 0.25) is 0 Å². The Morgan fingerprint density at radius 2 is 2.31 bits per heavy atom. The average molecular weight is 358 g/mol. The maximum Gasteiger partial charge on any atom is 0.125 e. The molecule has 26 heavy (non-hydrogen) atoms. The van der Waals surface area contributed by atoms with Crippen LogP contribution < -0.4 is 15.4 Å². The fourth-order valence-corrected chi connectivity index (χ4v) is 3.53. The van der Waals surface area contributed by atoms with Crippen molar-refractivity contribution in [3.63, 3.8) is 0 Å². The first-order chi connectivity index (χ1) is 12.7. The van der Waals surface area contributed by atoms with Crippen LogP contribution in [-0.2, 0) is 6.42 Å². The van der Waals surface area contributed by atoms with Crippen LogP contribution >= 0.6 is 0 Å². The number of aliphatic hydroxyl groups excluding tert-OH is 1. The second-order valence-electron chi connectivity index (χ2n) is 7.15. The summed E-state index contributed by atoms with van der Waals surface area (Å²) in [5.74, 6) is 2.41. The molecule has 6 heteroatoms. The second kappa shape index (κ2) is 9.03. The summed E-state index contributed by atoms with van der Waals surface area (Å²) in [6.45, 7) is 2.93. The molecule has 6 nitrogen and oxygen atoms in total. The minimum Gasteiger partial charge on any atom is -0.488 e. The molecule has 0 aliphatic carbocycles. The van der Waals surface area contributed by atoms with E-state index in [1.807, 2.05) is 18.2 Å². The van der Waals surface area contributed by atoms with E-state index in [2.05, 4.69) is 28.6 Å². The van der Waals surface area contributed by atoms with Gasteiger partial charge in [0, 0.05) is 19.3 Å². The molecule has 3 atom stereocenters. The van der Waals surface area contributed by atoms with E-state index in [1.165, 1.54) is 5.56 Å². The van der Waals surface area contributed by atoms with Crippen molar-refractivity contribution in [1.82, 2.24) is 10.6 Å². The number of ether oxygens (including phenoxy) is 1. The van der Waals surface area contributed by atoms with Crippen molar-refractivity contribution in [1.29, 1.82) is 5.41 Å². The van der Waals surface area contributed by atoms with Crippen molar-refractivity contribution in [3.8, 4) is 5.75 Å². The van der Waals surface area contributed by atoms with Gasteiger partial charge in [0.05, 0.1) is 36.9 Å². The van der Waals surface area contributed by atoms with Crippen LogP contribution in [0, 0.1) is 5.41 Å². The number of nitrogens with one attached hydrogen (secondary N) is 3. The van der Waals surface area contributed by atoms with Crippen LogP contribution in [0.5, 0.6) is 5.75 Å². The van der Waals surface area contributed by atoms with Gasteiger partial charge in [-0.1, -0.05) is 38.0 Å². The zero-order chi connectivity index (χ0) is 18.4. The number of fused-ring (bicyclic) bond motifs is 1. The monoisotopic (exact) mass is 358 g/mol. The van der Waals surface area contributed by atoms with Crippen LogP contribution in [0.3, 0.4) is 0 Å². The minimum absolute atomic E-state index is 0.0148. The molecule has 2 aliphatic heterocycles. The molecule has 3 rings (SSSR count). The van der Waals surface area contributed by atoms with E-state index in [4.69, 9.17) is 10.1 Å². The highest BCUT2D eigenvalue weighted by Crippen LogP contribution is 2.30. The number of hydrogen-bond donors (Lipinski definition) is 4. The molecule has 0 aromatic heterocycles. The number of aliphatic hydroxyl groups is 1. The predicted octanol–water partition coefficient (Wildman–Crippen LogP) is 2.26. The van der Waals surface area contributed by atoms with Crippen molar-refractivity contribution in [2.45, 2.75) is 63.6 Å². The number of para-hydroxylation sites is 1. The van der Waals surface area contributed by atoms with Crippen molar-refractivity contribution in [2.75, 3.05) is 13.2 Å². The Kier molecular flexibility index (Phi) is 6.50. The molecule has 0 saturated carbocycles. The summed E-state index contributed by atoms with van der Waals surface area (Å²) < 4.78 is 6.05. The minimum atomic E-state index is -0.0148. The molecule has 0 spiro atoms. The number of rotatable bonds is 9. The van der Waals surface area contributed by atoms with E-state index in [-0.39, 0.29) is 24.8 Å². The van der Waals surface area contributed by atoms with Gasteiger partial charge in [-0.3, -0.25) is 10.4 Å². The van der Waals surface area contributed by atoms with Crippen LogP contribution in [-0.4, -0.2) is 48.1 Å². The third-order valence-corrected chi connectivity index (χ3v) is 5.07. The summed E-state index contributed by atoms with van der Waals surface area (Å²) in [5.41, 5.74) is 1.26. The molecule has 1 aromatic rings. The Bertz CT molecular complexity index is 621. The van der Waals surface area contributed by atoms with E-state index in [9.17, 15) is 5.11 Å². The number of unbranched alkanes of at least 4 members (excludes halogenated alkanes) is 1. The van der Waals surface area contributed by atoms with E-state index in [0.29, 0.717) is 18.7 Å². The normalized spacial score (nSPS) is 22.2. The van der Waals surface area contributed by atoms with Crippen LogP contribution in [0.25, 0.3) is 0 Å². The van der Waals surface area contributed by atoms with Gasteiger partial charge in [-0.15, -0.1) is 0 Å². The van der Waals surface area contributed by atoms with Crippen molar-refractivity contribution < 1.29 is 9.84 Å². The third kappa shape index (κ3) is 4.75. The molecule has 2 aliphatic rings. The Morgan fingerprint density at radius 1 is 1.46 bits per heavy atom. The molecule has 0 fully saturated rings.